The lowest BCUT2D eigenvalue weighted by Gasteiger charge is -2.21. The molecule has 0 rings (SSSR count). The average molecular weight is 455 g/mol. The predicted molar refractivity (Wildman–Crippen MR) is 117 cm³/mol. The van der Waals surface area contributed by atoms with E-state index in [4.69, 9.17) is 15.9 Å². The summed E-state index contributed by atoms with van der Waals surface area (Å²) in [6.07, 6.45) is 2.88. The number of hydrogen-bond donors (Lipinski definition) is 8. The quantitative estimate of drug-likeness (QED) is 0.128. The van der Waals surface area contributed by atoms with Gasteiger partial charge in [-0.1, -0.05) is 20.3 Å². The monoisotopic (exact) mass is 454 g/mol. The van der Waals surface area contributed by atoms with Gasteiger partial charge in [-0.15, -0.1) is 0 Å². The molecule has 0 aliphatic heterocycles. The first kappa shape index (κ1) is 29.7. The molecule has 0 radical (unpaired) electrons. The van der Waals surface area contributed by atoms with Crippen molar-refractivity contribution in [1.29, 1.82) is 0 Å². The number of carbonyl (C=O) groups is 4. The molecule has 3 unspecified atom stereocenters. The van der Waals surface area contributed by atoms with E-state index in [1.807, 2.05) is 13.8 Å². The summed E-state index contributed by atoms with van der Waals surface area (Å²) in [7, 11) is 0. The molecule has 0 aliphatic rings. The van der Waals surface area contributed by atoms with Crippen molar-refractivity contribution < 1.29 is 29.4 Å². The number of carboxylic acids is 2. The number of amides is 2. The van der Waals surface area contributed by atoms with Gasteiger partial charge < -0.3 is 31.9 Å². The molecule has 0 spiro atoms. The van der Waals surface area contributed by atoms with Crippen molar-refractivity contribution in [2.75, 3.05) is 18.6 Å². The minimum Gasteiger partial charge on any atom is -0.481 e. The molecule has 2 amide bonds. The van der Waals surface area contributed by atoms with Gasteiger partial charge in [0.15, 0.2) is 0 Å². The highest BCUT2D eigenvalue weighted by Gasteiger charge is 2.29. The van der Waals surface area contributed by atoms with E-state index in [2.05, 4.69) is 41.2 Å². The van der Waals surface area contributed by atoms with Gasteiger partial charge in [-0.05, 0) is 25.6 Å². The van der Waals surface area contributed by atoms with Crippen LogP contribution >= 0.6 is 25.3 Å². The fraction of sp³-hybridized carbons (Fsp3) is 0.765. The van der Waals surface area contributed by atoms with Gasteiger partial charge in [0.1, 0.15) is 12.1 Å². The fourth-order valence-corrected chi connectivity index (χ4v) is 2.38. The molecule has 0 saturated heterocycles. The van der Waals surface area contributed by atoms with Crippen LogP contribution in [0, 0.1) is 0 Å². The second-order valence-electron chi connectivity index (χ2n) is 6.45. The highest BCUT2D eigenvalue weighted by atomic mass is 32.1. The summed E-state index contributed by atoms with van der Waals surface area (Å²) in [6.45, 7) is 4.83. The van der Waals surface area contributed by atoms with E-state index < -0.39 is 48.3 Å². The third kappa shape index (κ3) is 15.1. The van der Waals surface area contributed by atoms with Crippen molar-refractivity contribution in [3.05, 3.63) is 0 Å². The summed E-state index contributed by atoms with van der Waals surface area (Å²) >= 11 is 7.34. The van der Waals surface area contributed by atoms with E-state index in [0.29, 0.717) is 18.9 Å². The highest BCUT2D eigenvalue weighted by molar-refractivity contribution is 7.80. The number of aliphatic carboxylic acids is 2. The van der Waals surface area contributed by atoms with Crippen LogP contribution in [0.25, 0.3) is 0 Å². The van der Waals surface area contributed by atoms with Crippen LogP contribution in [0.1, 0.15) is 39.5 Å². The Morgan fingerprint density at radius 1 is 0.966 bits per heavy atom. The Morgan fingerprint density at radius 3 is 1.97 bits per heavy atom. The maximum atomic E-state index is 12.1. The molecular formula is C17H34N4O6S2. The van der Waals surface area contributed by atoms with E-state index in [0.717, 1.165) is 13.0 Å². The first-order valence-electron chi connectivity index (χ1n) is 9.18. The Morgan fingerprint density at radius 2 is 1.52 bits per heavy atom. The minimum atomic E-state index is -1.43. The smallest absolute Gasteiger partial charge is 0.327 e. The van der Waals surface area contributed by atoms with Crippen molar-refractivity contribution >= 4 is 49.0 Å². The van der Waals surface area contributed by atoms with Crippen LogP contribution in [-0.2, 0) is 19.2 Å². The van der Waals surface area contributed by atoms with Crippen LogP contribution < -0.4 is 21.7 Å². The second kappa shape index (κ2) is 17.4. The summed E-state index contributed by atoms with van der Waals surface area (Å²) < 4.78 is 0. The molecule has 7 N–H and O–H groups in total. The predicted octanol–water partition coefficient (Wildman–Crippen LogP) is -0.513. The van der Waals surface area contributed by atoms with Gasteiger partial charge in [0.25, 0.3) is 0 Å². The minimum absolute atomic E-state index is 0.182. The number of nitrogens with two attached hydrogens (primary N) is 1. The summed E-state index contributed by atoms with van der Waals surface area (Å²) in [6, 6.07) is -3.25. The number of hydrogen-bond acceptors (Lipinski definition) is 8. The van der Waals surface area contributed by atoms with E-state index in [-0.39, 0.29) is 5.75 Å². The lowest BCUT2D eigenvalue weighted by molar-refractivity contribution is -0.143. The number of nitrogens with one attached hydrogen (secondary N) is 3. The van der Waals surface area contributed by atoms with E-state index >= 15 is 0 Å². The maximum Gasteiger partial charge on any atom is 0.327 e. The van der Waals surface area contributed by atoms with Gasteiger partial charge in [-0.25, -0.2) is 4.79 Å². The van der Waals surface area contributed by atoms with Crippen molar-refractivity contribution in [3.63, 3.8) is 0 Å². The second-order valence-corrected chi connectivity index (χ2v) is 6.82. The van der Waals surface area contributed by atoms with E-state index in [1.54, 1.807) is 6.26 Å². The van der Waals surface area contributed by atoms with E-state index in [9.17, 15) is 19.2 Å². The molecule has 0 aromatic carbocycles. The molecule has 3 atom stereocenters. The zero-order valence-electron chi connectivity index (χ0n) is 17.1. The zero-order chi connectivity index (χ0) is 23.0. The summed E-state index contributed by atoms with van der Waals surface area (Å²) in [4.78, 5) is 46.2. The molecule has 0 aromatic rings. The van der Waals surface area contributed by atoms with Crippen molar-refractivity contribution in [2.24, 2.45) is 5.73 Å². The molecule has 0 heterocycles. The third-order valence-corrected chi connectivity index (χ3v) is 4.01. The molecule has 12 heteroatoms. The van der Waals surface area contributed by atoms with Gasteiger partial charge in [-0.3, -0.25) is 14.4 Å². The normalized spacial score (nSPS) is 13.5. The van der Waals surface area contributed by atoms with E-state index in [1.165, 1.54) is 0 Å². The molecule has 29 heavy (non-hydrogen) atoms. The maximum absolute atomic E-state index is 12.1. The molecule has 170 valence electrons. The van der Waals surface area contributed by atoms with Gasteiger partial charge in [0.05, 0.1) is 12.5 Å². The Labute approximate surface area is 182 Å². The largest absolute Gasteiger partial charge is 0.481 e. The summed E-state index contributed by atoms with van der Waals surface area (Å²) in [5, 5.41) is 25.5. The molecular weight excluding hydrogens is 420 g/mol. The van der Waals surface area contributed by atoms with Gasteiger partial charge in [-0.2, -0.15) is 25.3 Å². The number of thiol groups is 2. The number of unbranched alkanes of at least 4 members (excludes halogenated alkanes) is 1. The van der Waals surface area contributed by atoms with Crippen molar-refractivity contribution in [1.82, 2.24) is 16.0 Å². The molecule has 0 aromatic heterocycles. The zero-order valence-corrected chi connectivity index (χ0v) is 18.8. The Bertz CT molecular complexity index is 522. The van der Waals surface area contributed by atoms with Gasteiger partial charge >= 0.3 is 11.9 Å². The van der Waals surface area contributed by atoms with Gasteiger partial charge in [0, 0.05) is 11.8 Å². The third-order valence-electron chi connectivity index (χ3n) is 3.64. The van der Waals surface area contributed by atoms with Gasteiger partial charge in [0.2, 0.25) is 11.8 Å². The van der Waals surface area contributed by atoms with Crippen LogP contribution in [0.4, 0.5) is 0 Å². The highest BCUT2D eigenvalue weighted by Crippen LogP contribution is 2.02. The molecule has 0 saturated carbocycles. The lowest BCUT2D eigenvalue weighted by Crippen LogP contribution is -2.55. The fourth-order valence-electron chi connectivity index (χ4n) is 2.13. The Kier molecular flexibility index (Phi) is 17.8. The number of carboxylic acid groups (broad SMARTS) is 2. The SMILES string of the molecule is CC(C)NCCCCC(N)C(=O)NC(CC(=O)O)C(=O)NC(CS)C(=O)O.CS. The molecule has 10 nitrogen and oxygen atoms in total. The van der Waals surface area contributed by atoms with Crippen molar-refractivity contribution in [3.8, 4) is 0 Å². The first-order valence-corrected chi connectivity index (χ1v) is 10.7. The lowest BCUT2D eigenvalue weighted by atomic mass is 10.1. The van der Waals surface area contributed by atoms with Crippen LogP contribution in [0.5, 0.6) is 0 Å². The van der Waals surface area contributed by atoms with Crippen LogP contribution in [0.2, 0.25) is 0 Å². The first-order chi connectivity index (χ1) is 13.6. The molecule has 0 bridgehead atoms. The van der Waals surface area contributed by atoms with Crippen molar-refractivity contribution in [2.45, 2.75) is 63.7 Å². The van der Waals surface area contributed by atoms with Crippen LogP contribution in [0.3, 0.4) is 0 Å². The van der Waals surface area contributed by atoms with Crippen LogP contribution in [-0.4, -0.2) is 76.7 Å². The summed E-state index contributed by atoms with van der Waals surface area (Å²) in [5.41, 5.74) is 5.80. The molecule has 0 aliphatic carbocycles. The Hall–Kier alpha value is -1.50. The average Bonchev–Trinajstić information content (AvgIpc) is 2.65. The van der Waals surface area contributed by atoms with Crippen LogP contribution in [0.15, 0.2) is 0 Å². The molecule has 0 fully saturated rings. The standard InChI is InChI=1S/C16H30N4O6S.CH4S/c1-9(2)18-6-4-3-5-10(17)14(23)19-11(7-13(21)22)15(24)20-12(8-27)16(25)26;1-2/h9-12,18,27H,3-8,17H2,1-2H3,(H,19,23)(H,20,24)(H,21,22)(H,25,26);2H,1H3. The summed E-state index contributed by atoms with van der Waals surface area (Å²) in [5.74, 6) is -4.39. The number of carbonyl (C=O) groups excluding carboxylic acids is 2. The number of rotatable bonds is 14. The Balaban J connectivity index is 0. The topological polar surface area (TPSA) is 171 Å².